The van der Waals surface area contributed by atoms with Crippen molar-refractivity contribution in [1.82, 2.24) is 0 Å². The number of ether oxygens (including phenoxy) is 1. The van der Waals surface area contributed by atoms with Gasteiger partial charge in [0.15, 0.2) is 0 Å². The summed E-state index contributed by atoms with van der Waals surface area (Å²) in [6.45, 7) is 0.641. The normalized spacial score (nSPS) is 18.3. The number of carbonyl (C=O) groups is 2. The van der Waals surface area contributed by atoms with Gasteiger partial charge in [-0.15, -0.1) is 0 Å². The predicted octanol–water partition coefficient (Wildman–Crippen LogP) is 1.46. The molecule has 2 rings (SSSR count). The Morgan fingerprint density at radius 1 is 1.37 bits per heavy atom. The summed E-state index contributed by atoms with van der Waals surface area (Å²) in [6, 6.07) is 6.96. The smallest absolute Gasteiger partial charge is 0.307 e. The second kappa shape index (κ2) is 5.84. The molecule has 0 spiro atoms. The third-order valence-electron chi connectivity index (χ3n) is 3.21. The van der Waals surface area contributed by atoms with Crippen molar-refractivity contribution in [3.63, 3.8) is 0 Å². The van der Waals surface area contributed by atoms with Crippen molar-refractivity contribution in [2.75, 3.05) is 18.6 Å². The SMILES string of the molecule is CN(C(=O)C1CCCO1)c1ccc(CC(=O)O)cc1. The van der Waals surface area contributed by atoms with E-state index in [-0.39, 0.29) is 18.4 Å². The van der Waals surface area contributed by atoms with Crippen molar-refractivity contribution in [2.24, 2.45) is 0 Å². The van der Waals surface area contributed by atoms with Gasteiger partial charge < -0.3 is 14.7 Å². The number of carboxylic acid groups (broad SMARTS) is 1. The lowest BCUT2D eigenvalue weighted by Crippen LogP contribution is -2.35. The number of likely N-dealkylation sites (N-methyl/N-ethyl adjacent to an activating group) is 1. The van der Waals surface area contributed by atoms with Crippen LogP contribution in [0, 0.1) is 0 Å². The lowest BCUT2D eigenvalue weighted by molar-refractivity contribution is -0.136. The summed E-state index contributed by atoms with van der Waals surface area (Å²) < 4.78 is 5.36. The molecule has 1 aromatic rings. The highest BCUT2D eigenvalue weighted by molar-refractivity contribution is 5.96. The fourth-order valence-corrected chi connectivity index (χ4v) is 2.13. The molecule has 1 unspecified atom stereocenters. The van der Waals surface area contributed by atoms with Crippen LogP contribution < -0.4 is 4.90 Å². The van der Waals surface area contributed by atoms with Crippen LogP contribution in [0.25, 0.3) is 0 Å². The Balaban J connectivity index is 2.04. The van der Waals surface area contributed by atoms with Crippen LogP contribution in [0.1, 0.15) is 18.4 Å². The lowest BCUT2D eigenvalue weighted by atomic mass is 10.1. The fraction of sp³-hybridized carbons (Fsp3) is 0.429. The summed E-state index contributed by atoms with van der Waals surface area (Å²) in [7, 11) is 1.70. The summed E-state index contributed by atoms with van der Waals surface area (Å²) in [5, 5.41) is 8.70. The average molecular weight is 263 g/mol. The van der Waals surface area contributed by atoms with Crippen molar-refractivity contribution < 1.29 is 19.4 Å². The topological polar surface area (TPSA) is 66.8 Å². The summed E-state index contributed by atoms with van der Waals surface area (Å²) in [5.74, 6) is -0.917. The van der Waals surface area contributed by atoms with Gasteiger partial charge in [-0.3, -0.25) is 9.59 Å². The second-order valence-corrected chi connectivity index (χ2v) is 4.64. The molecule has 0 aliphatic carbocycles. The Labute approximate surface area is 111 Å². The van der Waals surface area contributed by atoms with E-state index in [0.29, 0.717) is 12.2 Å². The molecule has 1 atom stereocenters. The van der Waals surface area contributed by atoms with Crippen LogP contribution in [0.5, 0.6) is 0 Å². The molecule has 1 N–H and O–H groups in total. The van der Waals surface area contributed by atoms with Gasteiger partial charge in [-0.2, -0.15) is 0 Å². The van der Waals surface area contributed by atoms with Gasteiger partial charge in [0.2, 0.25) is 0 Å². The van der Waals surface area contributed by atoms with E-state index in [1.54, 1.807) is 36.2 Å². The Morgan fingerprint density at radius 3 is 2.58 bits per heavy atom. The number of anilines is 1. The van der Waals surface area contributed by atoms with Gasteiger partial charge >= 0.3 is 5.97 Å². The molecule has 1 aliphatic rings. The van der Waals surface area contributed by atoms with Crippen LogP contribution in [-0.4, -0.2) is 36.7 Å². The molecule has 1 saturated heterocycles. The van der Waals surface area contributed by atoms with E-state index >= 15 is 0 Å². The third-order valence-corrected chi connectivity index (χ3v) is 3.21. The van der Waals surface area contributed by atoms with Crippen molar-refractivity contribution in [1.29, 1.82) is 0 Å². The van der Waals surface area contributed by atoms with Crippen LogP contribution in [0.4, 0.5) is 5.69 Å². The maximum absolute atomic E-state index is 12.1. The van der Waals surface area contributed by atoms with Gasteiger partial charge in [0.1, 0.15) is 6.10 Å². The van der Waals surface area contributed by atoms with E-state index in [9.17, 15) is 9.59 Å². The van der Waals surface area contributed by atoms with Crippen LogP contribution in [0.15, 0.2) is 24.3 Å². The monoisotopic (exact) mass is 263 g/mol. The zero-order chi connectivity index (χ0) is 13.8. The molecule has 5 nitrogen and oxygen atoms in total. The minimum Gasteiger partial charge on any atom is -0.481 e. The first-order valence-corrected chi connectivity index (χ1v) is 6.28. The number of carbonyl (C=O) groups excluding carboxylic acids is 1. The van der Waals surface area contributed by atoms with Crippen molar-refractivity contribution in [2.45, 2.75) is 25.4 Å². The molecule has 102 valence electrons. The maximum Gasteiger partial charge on any atom is 0.307 e. The zero-order valence-electron chi connectivity index (χ0n) is 10.8. The first-order valence-electron chi connectivity index (χ1n) is 6.28. The molecule has 1 fully saturated rings. The highest BCUT2D eigenvalue weighted by Crippen LogP contribution is 2.19. The van der Waals surface area contributed by atoms with Crippen LogP contribution in [-0.2, 0) is 20.7 Å². The van der Waals surface area contributed by atoms with Crippen molar-refractivity contribution in [3.8, 4) is 0 Å². The molecular weight excluding hydrogens is 246 g/mol. The Morgan fingerprint density at radius 2 is 2.05 bits per heavy atom. The zero-order valence-corrected chi connectivity index (χ0v) is 10.8. The standard InChI is InChI=1S/C14H17NO4/c1-15(14(18)12-3-2-8-19-12)11-6-4-10(5-7-11)9-13(16)17/h4-7,12H,2-3,8-9H2,1H3,(H,16,17). The third kappa shape index (κ3) is 3.32. The number of nitrogens with zero attached hydrogens (tertiary/aromatic N) is 1. The minimum atomic E-state index is -0.864. The first-order chi connectivity index (χ1) is 9.08. The maximum atomic E-state index is 12.1. The highest BCUT2D eigenvalue weighted by Gasteiger charge is 2.26. The first kappa shape index (κ1) is 13.5. The second-order valence-electron chi connectivity index (χ2n) is 4.64. The van der Waals surface area contributed by atoms with Gasteiger partial charge in [-0.25, -0.2) is 0 Å². The lowest BCUT2D eigenvalue weighted by Gasteiger charge is -2.20. The number of aliphatic carboxylic acids is 1. The van der Waals surface area contributed by atoms with Crippen molar-refractivity contribution >= 4 is 17.6 Å². The number of amides is 1. The highest BCUT2D eigenvalue weighted by atomic mass is 16.5. The molecule has 1 amide bonds. The molecular formula is C14H17NO4. The molecule has 0 bridgehead atoms. The summed E-state index contributed by atoms with van der Waals surface area (Å²) >= 11 is 0. The number of carboxylic acids is 1. The predicted molar refractivity (Wildman–Crippen MR) is 70.2 cm³/mol. The van der Waals surface area contributed by atoms with E-state index in [2.05, 4.69) is 0 Å². The largest absolute Gasteiger partial charge is 0.481 e. The van der Waals surface area contributed by atoms with Crippen LogP contribution in [0.3, 0.4) is 0 Å². The minimum absolute atomic E-state index is 0.0102. The quantitative estimate of drug-likeness (QED) is 0.893. The Kier molecular flexibility index (Phi) is 4.16. The van der Waals surface area contributed by atoms with Gasteiger partial charge in [-0.1, -0.05) is 12.1 Å². The molecule has 0 saturated carbocycles. The molecule has 19 heavy (non-hydrogen) atoms. The number of rotatable bonds is 4. The molecule has 1 heterocycles. The Hall–Kier alpha value is -1.88. The van der Waals surface area contributed by atoms with Gasteiger partial charge in [0, 0.05) is 19.3 Å². The fourth-order valence-electron chi connectivity index (χ4n) is 2.13. The summed E-state index contributed by atoms with van der Waals surface area (Å²) in [5.41, 5.74) is 1.46. The van der Waals surface area contributed by atoms with Crippen molar-refractivity contribution in [3.05, 3.63) is 29.8 Å². The Bertz CT molecular complexity index is 463. The summed E-state index contributed by atoms with van der Waals surface area (Å²) in [6.07, 6.45) is 1.33. The van der Waals surface area contributed by atoms with E-state index in [4.69, 9.17) is 9.84 Å². The number of hydrogen-bond acceptors (Lipinski definition) is 3. The molecule has 0 radical (unpaired) electrons. The molecule has 1 aliphatic heterocycles. The number of benzene rings is 1. The molecule has 5 heteroatoms. The average Bonchev–Trinajstić information content (AvgIpc) is 2.91. The van der Waals surface area contributed by atoms with Gasteiger partial charge in [0.25, 0.3) is 5.91 Å². The molecule has 0 aromatic heterocycles. The van der Waals surface area contributed by atoms with Crippen LogP contribution >= 0.6 is 0 Å². The van der Waals surface area contributed by atoms with Gasteiger partial charge in [0.05, 0.1) is 6.42 Å². The van der Waals surface area contributed by atoms with E-state index in [1.165, 1.54) is 0 Å². The van der Waals surface area contributed by atoms with E-state index in [1.807, 2.05) is 0 Å². The number of hydrogen-bond donors (Lipinski definition) is 1. The van der Waals surface area contributed by atoms with Crippen LogP contribution in [0.2, 0.25) is 0 Å². The molecule has 1 aromatic carbocycles. The van der Waals surface area contributed by atoms with E-state index < -0.39 is 5.97 Å². The van der Waals surface area contributed by atoms with Gasteiger partial charge in [-0.05, 0) is 30.5 Å². The van der Waals surface area contributed by atoms with E-state index in [0.717, 1.165) is 18.5 Å². The summed E-state index contributed by atoms with van der Waals surface area (Å²) in [4.78, 5) is 24.3.